The third-order valence-corrected chi connectivity index (χ3v) is 4.16. The molecule has 1 saturated carbocycles. The Bertz CT molecular complexity index is 209. The van der Waals surface area contributed by atoms with E-state index in [0.717, 1.165) is 12.5 Å². The molecule has 17 heavy (non-hydrogen) atoms. The summed E-state index contributed by atoms with van der Waals surface area (Å²) in [5, 5.41) is 3.64. The summed E-state index contributed by atoms with van der Waals surface area (Å²) >= 11 is 0. The molecule has 1 aliphatic rings. The molecule has 0 aromatic carbocycles. The molecule has 0 bridgehead atoms. The number of nitrogens with zero attached hydrogens (tertiary/aromatic N) is 1. The van der Waals surface area contributed by atoms with Crippen LogP contribution in [0.2, 0.25) is 0 Å². The Hall–Kier alpha value is -0.0800. The zero-order chi connectivity index (χ0) is 12.9. The average molecular weight is 240 g/mol. The molecule has 1 unspecified atom stereocenters. The highest BCUT2D eigenvalue weighted by atomic mass is 15.1. The van der Waals surface area contributed by atoms with Crippen LogP contribution in [0.1, 0.15) is 53.9 Å². The van der Waals surface area contributed by atoms with E-state index >= 15 is 0 Å². The molecule has 1 atom stereocenters. The van der Waals surface area contributed by atoms with Crippen molar-refractivity contribution in [1.29, 1.82) is 0 Å². The first-order valence-electron chi connectivity index (χ1n) is 7.45. The predicted octanol–water partition coefficient (Wildman–Crippen LogP) is 3.13. The van der Waals surface area contributed by atoms with E-state index in [1.165, 1.54) is 38.9 Å². The van der Waals surface area contributed by atoms with Crippen LogP contribution in [-0.2, 0) is 0 Å². The van der Waals surface area contributed by atoms with Gasteiger partial charge in [0.15, 0.2) is 0 Å². The Kier molecular flexibility index (Phi) is 5.94. The van der Waals surface area contributed by atoms with E-state index in [4.69, 9.17) is 0 Å². The Labute approximate surface area is 108 Å². The minimum atomic E-state index is 0.361. The van der Waals surface area contributed by atoms with Crippen molar-refractivity contribution >= 4 is 0 Å². The second-order valence-corrected chi connectivity index (χ2v) is 6.44. The van der Waals surface area contributed by atoms with Gasteiger partial charge >= 0.3 is 0 Å². The Balaban J connectivity index is 2.37. The standard InChI is InChI=1S/C15H32N2/c1-6-10-16-13(3)15(4,5)12-17(7-2)11-14-8-9-14/h13-14,16H,6-12H2,1-5H3. The normalized spacial score (nSPS) is 18.7. The summed E-state index contributed by atoms with van der Waals surface area (Å²) in [4.78, 5) is 2.64. The van der Waals surface area contributed by atoms with Gasteiger partial charge in [-0.05, 0) is 50.6 Å². The summed E-state index contributed by atoms with van der Waals surface area (Å²) in [5.41, 5.74) is 0.361. The molecule has 1 fully saturated rings. The van der Waals surface area contributed by atoms with Crippen molar-refractivity contribution < 1.29 is 0 Å². The van der Waals surface area contributed by atoms with Crippen molar-refractivity contribution in [3.05, 3.63) is 0 Å². The first-order valence-corrected chi connectivity index (χ1v) is 7.45. The molecule has 0 spiro atoms. The van der Waals surface area contributed by atoms with Crippen molar-refractivity contribution in [2.45, 2.75) is 59.9 Å². The minimum absolute atomic E-state index is 0.361. The lowest BCUT2D eigenvalue weighted by Gasteiger charge is -2.37. The Morgan fingerprint density at radius 3 is 2.41 bits per heavy atom. The maximum absolute atomic E-state index is 3.64. The quantitative estimate of drug-likeness (QED) is 0.666. The van der Waals surface area contributed by atoms with E-state index in [2.05, 4.69) is 44.8 Å². The Morgan fingerprint density at radius 2 is 1.94 bits per heavy atom. The molecule has 0 amide bonds. The highest BCUT2D eigenvalue weighted by molar-refractivity contribution is 4.86. The van der Waals surface area contributed by atoms with Crippen molar-refractivity contribution in [1.82, 2.24) is 10.2 Å². The van der Waals surface area contributed by atoms with E-state index in [0.29, 0.717) is 11.5 Å². The molecule has 0 aromatic rings. The molecular weight excluding hydrogens is 208 g/mol. The molecular formula is C15H32N2. The smallest absolute Gasteiger partial charge is 0.0102 e. The predicted molar refractivity (Wildman–Crippen MR) is 76.4 cm³/mol. The van der Waals surface area contributed by atoms with Crippen LogP contribution in [0.5, 0.6) is 0 Å². The molecule has 102 valence electrons. The molecule has 1 N–H and O–H groups in total. The van der Waals surface area contributed by atoms with E-state index in [1.807, 2.05) is 0 Å². The van der Waals surface area contributed by atoms with Crippen LogP contribution in [0.15, 0.2) is 0 Å². The summed E-state index contributed by atoms with van der Waals surface area (Å²) < 4.78 is 0. The SMILES string of the molecule is CCCNC(C)C(C)(C)CN(CC)CC1CC1. The number of hydrogen-bond donors (Lipinski definition) is 1. The summed E-state index contributed by atoms with van der Waals surface area (Å²) in [7, 11) is 0. The van der Waals surface area contributed by atoms with E-state index in [9.17, 15) is 0 Å². The van der Waals surface area contributed by atoms with Crippen LogP contribution in [-0.4, -0.2) is 37.1 Å². The van der Waals surface area contributed by atoms with Crippen LogP contribution in [0, 0.1) is 11.3 Å². The summed E-state index contributed by atoms with van der Waals surface area (Å²) in [5.74, 6) is 1.00. The van der Waals surface area contributed by atoms with Crippen LogP contribution in [0.4, 0.5) is 0 Å². The lowest BCUT2D eigenvalue weighted by molar-refractivity contribution is 0.143. The van der Waals surface area contributed by atoms with E-state index in [1.54, 1.807) is 0 Å². The lowest BCUT2D eigenvalue weighted by atomic mass is 9.84. The van der Waals surface area contributed by atoms with Gasteiger partial charge in [0.2, 0.25) is 0 Å². The maximum Gasteiger partial charge on any atom is 0.0102 e. The molecule has 0 heterocycles. The monoisotopic (exact) mass is 240 g/mol. The molecule has 0 saturated heterocycles. The van der Waals surface area contributed by atoms with E-state index in [-0.39, 0.29) is 0 Å². The number of rotatable bonds is 9. The van der Waals surface area contributed by atoms with Crippen LogP contribution in [0.3, 0.4) is 0 Å². The van der Waals surface area contributed by atoms with Crippen LogP contribution >= 0.6 is 0 Å². The van der Waals surface area contributed by atoms with Gasteiger partial charge in [-0.1, -0.05) is 27.7 Å². The fraction of sp³-hybridized carbons (Fsp3) is 1.00. The van der Waals surface area contributed by atoms with Gasteiger partial charge in [0.25, 0.3) is 0 Å². The van der Waals surface area contributed by atoms with Crippen LogP contribution in [0.25, 0.3) is 0 Å². The minimum Gasteiger partial charge on any atom is -0.314 e. The second-order valence-electron chi connectivity index (χ2n) is 6.44. The second kappa shape index (κ2) is 6.75. The average Bonchev–Trinajstić information content (AvgIpc) is 3.08. The summed E-state index contributed by atoms with van der Waals surface area (Å²) in [6, 6.07) is 0.593. The van der Waals surface area contributed by atoms with Gasteiger partial charge in [-0.3, -0.25) is 0 Å². The molecule has 0 aromatic heterocycles. The van der Waals surface area contributed by atoms with Crippen LogP contribution < -0.4 is 5.32 Å². The molecule has 0 aliphatic heterocycles. The molecule has 1 aliphatic carbocycles. The molecule has 1 rings (SSSR count). The third kappa shape index (κ3) is 5.39. The number of hydrogen-bond acceptors (Lipinski definition) is 2. The molecule has 0 radical (unpaired) electrons. The fourth-order valence-corrected chi connectivity index (χ4v) is 2.32. The molecule has 2 heteroatoms. The third-order valence-electron chi connectivity index (χ3n) is 4.16. The van der Waals surface area contributed by atoms with Crippen molar-refractivity contribution in [3.63, 3.8) is 0 Å². The molecule has 2 nitrogen and oxygen atoms in total. The van der Waals surface area contributed by atoms with Gasteiger partial charge < -0.3 is 10.2 Å². The largest absolute Gasteiger partial charge is 0.314 e. The van der Waals surface area contributed by atoms with Crippen molar-refractivity contribution in [3.8, 4) is 0 Å². The van der Waals surface area contributed by atoms with Gasteiger partial charge in [-0.15, -0.1) is 0 Å². The first kappa shape index (κ1) is 15.0. The van der Waals surface area contributed by atoms with Gasteiger partial charge in [-0.2, -0.15) is 0 Å². The highest BCUT2D eigenvalue weighted by Gasteiger charge is 2.30. The van der Waals surface area contributed by atoms with Gasteiger partial charge in [0.05, 0.1) is 0 Å². The van der Waals surface area contributed by atoms with Crippen molar-refractivity contribution in [2.24, 2.45) is 11.3 Å². The zero-order valence-electron chi connectivity index (χ0n) is 12.6. The fourth-order valence-electron chi connectivity index (χ4n) is 2.32. The van der Waals surface area contributed by atoms with E-state index < -0.39 is 0 Å². The topological polar surface area (TPSA) is 15.3 Å². The van der Waals surface area contributed by atoms with Gasteiger partial charge in [0, 0.05) is 19.1 Å². The summed E-state index contributed by atoms with van der Waals surface area (Å²) in [6.07, 6.45) is 4.14. The van der Waals surface area contributed by atoms with Crippen molar-refractivity contribution in [2.75, 3.05) is 26.2 Å². The zero-order valence-corrected chi connectivity index (χ0v) is 12.6. The highest BCUT2D eigenvalue weighted by Crippen LogP contribution is 2.31. The lowest BCUT2D eigenvalue weighted by Crippen LogP contribution is -2.47. The van der Waals surface area contributed by atoms with Gasteiger partial charge in [0.1, 0.15) is 0 Å². The van der Waals surface area contributed by atoms with Gasteiger partial charge in [-0.25, -0.2) is 0 Å². The number of nitrogens with one attached hydrogen (secondary N) is 1. The summed E-state index contributed by atoms with van der Waals surface area (Å²) in [6.45, 7) is 16.5. The Morgan fingerprint density at radius 1 is 1.29 bits per heavy atom. The first-order chi connectivity index (χ1) is 7.99. The maximum atomic E-state index is 3.64.